The van der Waals surface area contributed by atoms with Crippen LogP contribution in [0.4, 0.5) is 0 Å². The summed E-state index contributed by atoms with van der Waals surface area (Å²) in [7, 11) is 0. The van der Waals surface area contributed by atoms with Crippen LogP contribution in [-0.4, -0.2) is 9.97 Å². The summed E-state index contributed by atoms with van der Waals surface area (Å²) in [4.78, 5) is 7.41. The number of rotatable bonds is 3. The first-order chi connectivity index (χ1) is 8.24. The van der Waals surface area contributed by atoms with E-state index in [0.29, 0.717) is 4.64 Å². The van der Waals surface area contributed by atoms with Crippen molar-refractivity contribution in [2.45, 2.75) is 26.7 Å². The highest BCUT2D eigenvalue weighted by molar-refractivity contribution is 7.71. The number of nitrogens with zero attached hydrogens (tertiary/aromatic N) is 1. The third-order valence-electron chi connectivity index (χ3n) is 2.87. The zero-order valence-electron chi connectivity index (χ0n) is 10.2. The first-order valence-electron chi connectivity index (χ1n) is 5.86. The molecule has 0 bridgehead atoms. The van der Waals surface area contributed by atoms with Gasteiger partial charge in [-0.25, -0.2) is 4.98 Å². The maximum atomic E-state index is 5.32. The van der Waals surface area contributed by atoms with Crippen LogP contribution in [0.1, 0.15) is 24.5 Å². The molecule has 0 aliphatic carbocycles. The van der Waals surface area contributed by atoms with Gasteiger partial charge in [0.05, 0.1) is 12.0 Å². The molecule has 1 aromatic carbocycles. The molecule has 0 saturated carbocycles. The maximum absolute atomic E-state index is 5.32. The molecule has 3 heteroatoms. The Morgan fingerprint density at radius 2 is 2.06 bits per heavy atom. The number of nitrogens with one attached hydrogen (secondary N) is 1. The van der Waals surface area contributed by atoms with Crippen LogP contribution in [0.3, 0.4) is 0 Å². The van der Waals surface area contributed by atoms with Gasteiger partial charge >= 0.3 is 0 Å². The molecule has 88 valence electrons. The Hall–Kier alpha value is -1.48. The lowest BCUT2D eigenvalue weighted by Crippen LogP contribution is -1.97. The molecule has 0 aliphatic rings. The molecular weight excluding hydrogens is 228 g/mol. The molecule has 2 nitrogen and oxygen atoms in total. The second-order valence-corrected chi connectivity index (χ2v) is 4.51. The van der Waals surface area contributed by atoms with E-state index < -0.39 is 0 Å². The molecule has 0 unspecified atom stereocenters. The number of H-pyrrole nitrogens is 1. The molecule has 0 fully saturated rings. The molecule has 1 heterocycles. The van der Waals surface area contributed by atoms with Gasteiger partial charge in [0.15, 0.2) is 0 Å². The van der Waals surface area contributed by atoms with Crippen LogP contribution in [0.5, 0.6) is 0 Å². The molecule has 1 aromatic heterocycles. The Morgan fingerprint density at radius 1 is 1.29 bits per heavy atom. The highest BCUT2D eigenvalue weighted by Crippen LogP contribution is 2.25. The van der Waals surface area contributed by atoms with Crippen LogP contribution in [0.25, 0.3) is 11.3 Å². The van der Waals surface area contributed by atoms with Crippen molar-refractivity contribution in [1.82, 2.24) is 9.97 Å². The van der Waals surface area contributed by atoms with Crippen LogP contribution in [0.2, 0.25) is 0 Å². The summed E-state index contributed by atoms with van der Waals surface area (Å²) in [5.74, 6) is 0. The van der Waals surface area contributed by atoms with Crippen molar-refractivity contribution in [3.05, 3.63) is 46.4 Å². The Morgan fingerprint density at radius 3 is 2.76 bits per heavy atom. The van der Waals surface area contributed by atoms with Crippen molar-refractivity contribution in [2.24, 2.45) is 0 Å². The monoisotopic (exact) mass is 244 g/mol. The fourth-order valence-corrected chi connectivity index (χ4v) is 2.26. The van der Waals surface area contributed by atoms with Crippen molar-refractivity contribution >= 4 is 12.2 Å². The summed E-state index contributed by atoms with van der Waals surface area (Å²) in [5, 5.41) is 0. The predicted octanol–water partition coefficient (Wildman–Crippen LogP) is 4.07. The number of benzene rings is 1. The van der Waals surface area contributed by atoms with Crippen LogP contribution in [0.15, 0.2) is 30.6 Å². The minimum absolute atomic E-state index is 0.712. The Labute approximate surface area is 107 Å². The summed E-state index contributed by atoms with van der Waals surface area (Å²) in [6, 6.07) is 8.33. The lowest BCUT2D eigenvalue weighted by Gasteiger charge is -2.10. The van der Waals surface area contributed by atoms with Crippen LogP contribution in [0, 0.1) is 11.6 Å². The quantitative estimate of drug-likeness (QED) is 0.825. The zero-order chi connectivity index (χ0) is 12.3. The smallest absolute Gasteiger partial charge is 0.133 e. The second-order valence-electron chi connectivity index (χ2n) is 4.13. The van der Waals surface area contributed by atoms with E-state index in [2.05, 4.69) is 42.0 Å². The summed E-state index contributed by atoms with van der Waals surface area (Å²) in [6.45, 7) is 4.27. The average Bonchev–Trinajstić information content (AvgIpc) is 2.33. The number of aryl methyl sites for hydroxylation is 1. The third-order valence-corrected chi connectivity index (χ3v) is 3.22. The number of hydrogen-bond acceptors (Lipinski definition) is 2. The molecule has 0 aliphatic heterocycles. The van der Waals surface area contributed by atoms with Crippen LogP contribution in [-0.2, 0) is 6.42 Å². The van der Waals surface area contributed by atoms with Gasteiger partial charge in [-0.1, -0.05) is 49.8 Å². The van der Waals surface area contributed by atoms with Gasteiger partial charge in [-0.2, -0.15) is 0 Å². The molecule has 2 rings (SSSR count). The molecule has 2 aromatic rings. The lowest BCUT2D eigenvalue weighted by atomic mass is 10.00. The fourth-order valence-electron chi connectivity index (χ4n) is 2.00. The summed E-state index contributed by atoms with van der Waals surface area (Å²) in [6.07, 6.45) is 3.72. The highest BCUT2D eigenvalue weighted by atomic mass is 32.1. The normalized spacial score (nSPS) is 10.5. The summed E-state index contributed by atoms with van der Waals surface area (Å²) < 4.78 is 0.712. The van der Waals surface area contributed by atoms with Gasteiger partial charge in [0.25, 0.3) is 0 Å². The highest BCUT2D eigenvalue weighted by Gasteiger charge is 2.08. The molecule has 0 saturated heterocycles. The SMILES string of the molecule is CCCc1c(-c2ccccc2C)[nH]cnc1=S. The minimum atomic E-state index is 0.712. The molecule has 17 heavy (non-hydrogen) atoms. The van der Waals surface area contributed by atoms with Gasteiger partial charge in [0.2, 0.25) is 0 Å². The van der Waals surface area contributed by atoms with Gasteiger partial charge in [-0.05, 0) is 18.9 Å². The van der Waals surface area contributed by atoms with Gasteiger partial charge in [0, 0.05) is 11.1 Å². The molecule has 1 N–H and O–H groups in total. The van der Waals surface area contributed by atoms with E-state index in [9.17, 15) is 0 Å². The maximum Gasteiger partial charge on any atom is 0.133 e. The summed E-state index contributed by atoms with van der Waals surface area (Å²) >= 11 is 5.32. The molecule has 0 amide bonds. The molecule has 0 spiro atoms. The zero-order valence-corrected chi connectivity index (χ0v) is 11.0. The molecule has 0 radical (unpaired) electrons. The Bertz CT molecular complexity index is 572. The summed E-state index contributed by atoms with van der Waals surface area (Å²) in [5.41, 5.74) is 4.73. The third kappa shape index (κ3) is 2.44. The topological polar surface area (TPSA) is 28.7 Å². The van der Waals surface area contributed by atoms with Gasteiger partial charge < -0.3 is 4.98 Å². The van der Waals surface area contributed by atoms with Crippen molar-refractivity contribution in [3.63, 3.8) is 0 Å². The van der Waals surface area contributed by atoms with E-state index >= 15 is 0 Å². The van der Waals surface area contributed by atoms with Gasteiger partial charge in [0.1, 0.15) is 4.64 Å². The Balaban J connectivity index is 2.63. The van der Waals surface area contributed by atoms with E-state index in [1.54, 1.807) is 6.33 Å². The van der Waals surface area contributed by atoms with E-state index in [1.807, 2.05) is 6.07 Å². The van der Waals surface area contributed by atoms with Crippen molar-refractivity contribution < 1.29 is 0 Å². The predicted molar refractivity (Wildman–Crippen MR) is 73.6 cm³/mol. The van der Waals surface area contributed by atoms with Gasteiger partial charge in [-0.15, -0.1) is 0 Å². The van der Waals surface area contributed by atoms with Crippen molar-refractivity contribution in [3.8, 4) is 11.3 Å². The first-order valence-corrected chi connectivity index (χ1v) is 6.27. The number of aromatic nitrogens is 2. The second kappa shape index (κ2) is 5.23. The standard InChI is InChI=1S/C14H16N2S/c1-3-6-12-13(15-9-16-14(12)17)11-8-5-4-7-10(11)2/h4-5,7-9H,3,6H2,1-2H3,(H,15,16,17). The van der Waals surface area contributed by atoms with E-state index in [1.165, 1.54) is 11.1 Å². The van der Waals surface area contributed by atoms with E-state index in [4.69, 9.17) is 12.2 Å². The fraction of sp³-hybridized carbons (Fsp3) is 0.286. The first kappa shape index (κ1) is 12.0. The van der Waals surface area contributed by atoms with Crippen LogP contribution >= 0.6 is 12.2 Å². The largest absolute Gasteiger partial charge is 0.346 e. The molecular formula is C14H16N2S. The Kier molecular flexibility index (Phi) is 3.69. The number of aromatic amines is 1. The molecule has 0 atom stereocenters. The lowest BCUT2D eigenvalue weighted by molar-refractivity contribution is 0.898. The van der Waals surface area contributed by atoms with Crippen molar-refractivity contribution in [1.29, 1.82) is 0 Å². The van der Waals surface area contributed by atoms with E-state index in [-0.39, 0.29) is 0 Å². The number of hydrogen-bond donors (Lipinski definition) is 1. The van der Waals surface area contributed by atoms with Gasteiger partial charge in [-0.3, -0.25) is 0 Å². The van der Waals surface area contributed by atoms with Crippen LogP contribution < -0.4 is 0 Å². The average molecular weight is 244 g/mol. The van der Waals surface area contributed by atoms with E-state index in [0.717, 1.165) is 24.1 Å². The van der Waals surface area contributed by atoms with Crippen molar-refractivity contribution in [2.75, 3.05) is 0 Å². The minimum Gasteiger partial charge on any atom is -0.346 e.